The van der Waals surface area contributed by atoms with Crippen LogP contribution in [0.2, 0.25) is 0 Å². The summed E-state index contributed by atoms with van der Waals surface area (Å²) in [5, 5.41) is 3.46. The minimum atomic E-state index is -0.452. The molecular weight excluding hydrogens is 216 g/mol. The SMILES string of the molecule is C[C@H](NC1COC(C)(C)OC1)c1ccccn1. The van der Waals surface area contributed by atoms with Gasteiger partial charge >= 0.3 is 0 Å². The fourth-order valence-corrected chi connectivity index (χ4v) is 1.86. The van der Waals surface area contributed by atoms with Crippen molar-refractivity contribution in [1.29, 1.82) is 0 Å². The summed E-state index contributed by atoms with van der Waals surface area (Å²) in [6.07, 6.45) is 1.81. The first kappa shape index (κ1) is 12.5. The monoisotopic (exact) mass is 236 g/mol. The first-order valence-electron chi connectivity index (χ1n) is 6.02. The Labute approximate surface area is 102 Å². The van der Waals surface area contributed by atoms with Crippen LogP contribution in [0.3, 0.4) is 0 Å². The van der Waals surface area contributed by atoms with Crippen LogP contribution in [-0.2, 0) is 9.47 Å². The Kier molecular flexibility index (Phi) is 3.76. The first-order valence-corrected chi connectivity index (χ1v) is 6.02. The van der Waals surface area contributed by atoms with Gasteiger partial charge in [-0.1, -0.05) is 6.07 Å². The molecule has 4 nitrogen and oxygen atoms in total. The van der Waals surface area contributed by atoms with Crippen molar-refractivity contribution in [2.45, 2.75) is 38.6 Å². The molecule has 1 fully saturated rings. The van der Waals surface area contributed by atoms with E-state index < -0.39 is 5.79 Å². The maximum Gasteiger partial charge on any atom is 0.162 e. The van der Waals surface area contributed by atoms with E-state index in [0.29, 0.717) is 13.2 Å². The molecule has 0 unspecified atom stereocenters. The summed E-state index contributed by atoms with van der Waals surface area (Å²) in [4.78, 5) is 4.33. The molecule has 2 heterocycles. The molecule has 1 aromatic rings. The predicted molar refractivity (Wildman–Crippen MR) is 65.6 cm³/mol. The lowest BCUT2D eigenvalue weighted by atomic mass is 10.1. The summed E-state index contributed by atoms with van der Waals surface area (Å²) in [6, 6.07) is 6.37. The highest BCUT2D eigenvalue weighted by molar-refractivity contribution is 5.07. The number of pyridine rings is 1. The summed E-state index contributed by atoms with van der Waals surface area (Å²) in [6.45, 7) is 7.31. The Hall–Kier alpha value is -0.970. The van der Waals surface area contributed by atoms with Crippen molar-refractivity contribution in [1.82, 2.24) is 10.3 Å². The van der Waals surface area contributed by atoms with Gasteiger partial charge in [-0.25, -0.2) is 0 Å². The van der Waals surface area contributed by atoms with E-state index in [1.165, 1.54) is 0 Å². The van der Waals surface area contributed by atoms with Crippen LogP contribution in [0.1, 0.15) is 32.5 Å². The van der Waals surface area contributed by atoms with Crippen LogP contribution in [0.4, 0.5) is 0 Å². The van der Waals surface area contributed by atoms with Crippen molar-refractivity contribution in [2.75, 3.05) is 13.2 Å². The molecule has 1 saturated heterocycles. The average Bonchev–Trinajstić information content (AvgIpc) is 2.33. The third-order valence-corrected chi connectivity index (χ3v) is 2.88. The largest absolute Gasteiger partial charge is 0.349 e. The number of rotatable bonds is 3. The quantitative estimate of drug-likeness (QED) is 0.870. The summed E-state index contributed by atoms with van der Waals surface area (Å²) in [5.74, 6) is -0.452. The Bertz CT molecular complexity index is 344. The Morgan fingerprint density at radius 3 is 2.65 bits per heavy atom. The Morgan fingerprint density at radius 2 is 2.06 bits per heavy atom. The van der Waals surface area contributed by atoms with E-state index in [4.69, 9.17) is 9.47 Å². The second-order valence-electron chi connectivity index (χ2n) is 4.86. The molecule has 4 heteroatoms. The Balaban J connectivity index is 1.86. The smallest absolute Gasteiger partial charge is 0.162 e. The van der Waals surface area contributed by atoms with Gasteiger partial charge in [-0.15, -0.1) is 0 Å². The van der Waals surface area contributed by atoms with Gasteiger partial charge in [-0.2, -0.15) is 0 Å². The third-order valence-electron chi connectivity index (χ3n) is 2.88. The van der Waals surface area contributed by atoms with Gasteiger partial charge in [0.25, 0.3) is 0 Å². The van der Waals surface area contributed by atoms with Crippen molar-refractivity contribution in [2.24, 2.45) is 0 Å². The molecule has 0 bridgehead atoms. The van der Waals surface area contributed by atoms with Crippen molar-refractivity contribution in [3.8, 4) is 0 Å². The van der Waals surface area contributed by atoms with Gasteiger partial charge in [0, 0.05) is 12.2 Å². The molecule has 0 aromatic carbocycles. The van der Waals surface area contributed by atoms with Gasteiger partial charge in [0.15, 0.2) is 5.79 Å². The van der Waals surface area contributed by atoms with E-state index in [9.17, 15) is 0 Å². The lowest BCUT2D eigenvalue weighted by Gasteiger charge is -2.36. The zero-order chi connectivity index (χ0) is 12.3. The molecule has 0 aliphatic carbocycles. The average molecular weight is 236 g/mol. The molecule has 0 radical (unpaired) electrons. The van der Waals surface area contributed by atoms with Crippen LogP contribution in [-0.4, -0.2) is 30.0 Å². The van der Waals surface area contributed by atoms with E-state index in [2.05, 4.69) is 17.2 Å². The van der Waals surface area contributed by atoms with Crippen molar-refractivity contribution >= 4 is 0 Å². The number of nitrogens with one attached hydrogen (secondary N) is 1. The number of hydrogen-bond donors (Lipinski definition) is 1. The molecule has 1 aliphatic rings. The third kappa shape index (κ3) is 3.49. The maximum atomic E-state index is 5.61. The predicted octanol–water partition coefficient (Wildman–Crippen LogP) is 1.88. The van der Waals surface area contributed by atoms with Crippen LogP contribution in [0, 0.1) is 0 Å². The van der Waals surface area contributed by atoms with Gasteiger partial charge in [0.2, 0.25) is 0 Å². The number of nitrogens with zero attached hydrogens (tertiary/aromatic N) is 1. The van der Waals surface area contributed by atoms with Crippen molar-refractivity contribution in [3.05, 3.63) is 30.1 Å². The molecule has 1 atom stereocenters. The van der Waals surface area contributed by atoms with Crippen molar-refractivity contribution < 1.29 is 9.47 Å². The van der Waals surface area contributed by atoms with E-state index in [-0.39, 0.29) is 12.1 Å². The van der Waals surface area contributed by atoms with Crippen LogP contribution in [0.25, 0.3) is 0 Å². The Morgan fingerprint density at radius 1 is 1.35 bits per heavy atom. The molecule has 0 amide bonds. The lowest BCUT2D eigenvalue weighted by Crippen LogP contribution is -2.49. The van der Waals surface area contributed by atoms with Crippen LogP contribution >= 0.6 is 0 Å². The van der Waals surface area contributed by atoms with Crippen LogP contribution < -0.4 is 5.32 Å². The zero-order valence-electron chi connectivity index (χ0n) is 10.6. The van der Waals surface area contributed by atoms with Gasteiger partial charge in [-0.3, -0.25) is 4.98 Å². The molecule has 0 saturated carbocycles. The molecular formula is C13H20N2O2. The second kappa shape index (κ2) is 5.12. The maximum absolute atomic E-state index is 5.61. The minimum absolute atomic E-state index is 0.203. The first-order chi connectivity index (χ1) is 8.07. The number of ether oxygens (including phenoxy) is 2. The normalized spacial score (nSPS) is 22.3. The topological polar surface area (TPSA) is 43.4 Å². The highest BCUT2D eigenvalue weighted by atomic mass is 16.7. The second-order valence-corrected chi connectivity index (χ2v) is 4.86. The highest BCUT2D eigenvalue weighted by Crippen LogP contribution is 2.18. The van der Waals surface area contributed by atoms with E-state index in [1.54, 1.807) is 0 Å². The summed E-state index contributed by atoms with van der Waals surface area (Å²) in [7, 11) is 0. The van der Waals surface area contributed by atoms with Crippen LogP contribution in [0.15, 0.2) is 24.4 Å². The van der Waals surface area contributed by atoms with E-state index in [0.717, 1.165) is 5.69 Å². The summed E-state index contributed by atoms with van der Waals surface area (Å²) in [5.41, 5.74) is 1.04. The van der Waals surface area contributed by atoms with Gasteiger partial charge in [-0.05, 0) is 32.9 Å². The van der Waals surface area contributed by atoms with Gasteiger partial charge in [0.1, 0.15) is 0 Å². The summed E-state index contributed by atoms with van der Waals surface area (Å²) >= 11 is 0. The molecule has 1 N–H and O–H groups in total. The van der Waals surface area contributed by atoms with Crippen molar-refractivity contribution in [3.63, 3.8) is 0 Å². The van der Waals surface area contributed by atoms with Crippen LogP contribution in [0.5, 0.6) is 0 Å². The number of hydrogen-bond acceptors (Lipinski definition) is 4. The lowest BCUT2D eigenvalue weighted by molar-refractivity contribution is -0.253. The minimum Gasteiger partial charge on any atom is -0.349 e. The fourth-order valence-electron chi connectivity index (χ4n) is 1.86. The van der Waals surface area contributed by atoms with Gasteiger partial charge < -0.3 is 14.8 Å². The standard InChI is InChI=1S/C13H20N2O2/c1-10(12-6-4-5-7-14-12)15-11-8-16-13(2,3)17-9-11/h4-7,10-11,15H,8-9H2,1-3H3/t10-/m0/s1. The molecule has 0 spiro atoms. The molecule has 1 aromatic heterocycles. The molecule has 1 aliphatic heterocycles. The molecule has 2 rings (SSSR count). The molecule has 94 valence electrons. The van der Waals surface area contributed by atoms with E-state index in [1.807, 2.05) is 38.2 Å². The number of aromatic nitrogens is 1. The molecule has 17 heavy (non-hydrogen) atoms. The van der Waals surface area contributed by atoms with Gasteiger partial charge in [0.05, 0.1) is 24.9 Å². The van der Waals surface area contributed by atoms with E-state index >= 15 is 0 Å². The highest BCUT2D eigenvalue weighted by Gasteiger charge is 2.28. The zero-order valence-corrected chi connectivity index (χ0v) is 10.6. The summed E-state index contributed by atoms with van der Waals surface area (Å²) < 4.78 is 11.2. The fraction of sp³-hybridized carbons (Fsp3) is 0.615.